The summed E-state index contributed by atoms with van der Waals surface area (Å²) in [6.45, 7) is 5.63. The molecule has 4 nitrogen and oxygen atoms in total. The Bertz CT molecular complexity index is 422. The van der Waals surface area contributed by atoms with Crippen molar-refractivity contribution in [3.05, 3.63) is 22.4 Å². The van der Waals surface area contributed by atoms with E-state index >= 15 is 0 Å². The van der Waals surface area contributed by atoms with Gasteiger partial charge in [-0.25, -0.2) is 0 Å². The first-order valence-electron chi connectivity index (χ1n) is 8.46. The zero-order chi connectivity index (χ0) is 15.6. The first-order valence-corrected chi connectivity index (χ1v) is 9.34. The molecule has 2 heterocycles. The summed E-state index contributed by atoms with van der Waals surface area (Å²) in [6, 6.07) is 4.32. The van der Waals surface area contributed by atoms with Crippen LogP contribution in [0.15, 0.2) is 22.5 Å². The summed E-state index contributed by atoms with van der Waals surface area (Å²) < 4.78 is 0. The van der Waals surface area contributed by atoms with Crippen LogP contribution in [0.1, 0.15) is 30.6 Å². The maximum Gasteiger partial charge on any atom is 0.193 e. The molecular weight excluding hydrogens is 292 g/mol. The van der Waals surface area contributed by atoms with Gasteiger partial charge in [-0.2, -0.15) is 0 Å². The van der Waals surface area contributed by atoms with E-state index in [1.807, 2.05) is 18.4 Å². The molecule has 0 radical (unpaired) electrons. The highest BCUT2D eigenvalue weighted by atomic mass is 32.1. The fourth-order valence-electron chi connectivity index (χ4n) is 2.91. The van der Waals surface area contributed by atoms with Crippen LogP contribution in [-0.2, 0) is 6.42 Å². The van der Waals surface area contributed by atoms with Gasteiger partial charge < -0.3 is 15.1 Å². The normalized spacial score (nSPS) is 17.3. The van der Waals surface area contributed by atoms with Gasteiger partial charge in [0.15, 0.2) is 5.96 Å². The molecule has 1 aromatic heterocycles. The molecule has 0 unspecified atom stereocenters. The minimum absolute atomic E-state index is 0.982. The largest absolute Gasteiger partial charge is 0.355 e. The number of likely N-dealkylation sites (N-methyl/N-ethyl adjacent to an activating group) is 1. The summed E-state index contributed by atoms with van der Waals surface area (Å²) in [5, 5.41) is 5.65. The standard InChI is InChI=1S/C17H30N4S/c1-18-17(20(2)13-9-16-8-7-15-22-16)19-10-14-21-11-5-3-4-6-12-21/h7-8,15H,3-6,9-14H2,1-2H3,(H,18,19). The molecule has 0 aromatic carbocycles. The van der Waals surface area contributed by atoms with Crippen molar-refractivity contribution in [2.45, 2.75) is 32.1 Å². The maximum absolute atomic E-state index is 4.41. The molecule has 1 aliphatic heterocycles. The van der Waals surface area contributed by atoms with Crippen molar-refractivity contribution in [3.8, 4) is 0 Å². The Morgan fingerprint density at radius 1 is 1.32 bits per heavy atom. The Kier molecular flexibility index (Phi) is 7.74. The molecule has 0 bridgehead atoms. The van der Waals surface area contributed by atoms with E-state index < -0.39 is 0 Å². The van der Waals surface area contributed by atoms with Crippen LogP contribution in [0.4, 0.5) is 0 Å². The van der Waals surface area contributed by atoms with Gasteiger partial charge >= 0.3 is 0 Å². The SMILES string of the molecule is CN=C(NCCN1CCCCCC1)N(C)CCc1cccs1. The molecule has 1 aromatic rings. The highest BCUT2D eigenvalue weighted by Gasteiger charge is 2.10. The van der Waals surface area contributed by atoms with Gasteiger partial charge in [0, 0.05) is 38.6 Å². The first kappa shape index (κ1) is 17.3. The lowest BCUT2D eigenvalue weighted by atomic mass is 10.2. The lowest BCUT2D eigenvalue weighted by molar-refractivity contribution is 0.288. The van der Waals surface area contributed by atoms with Crippen molar-refractivity contribution in [3.63, 3.8) is 0 Å². The van der Waals surface area contributed by atoms with Crippen molar-refractivity contribution in [2.75, 3.05) is 46.8 Å². The number of rotatable bonds is 6. The quantitative estimate of drug-likeness (QED) is 0.645. The van der Waals surface area contributed by atoms with E-state index in [1.165, 1.54) is 43.6 Å². The fourth-order valence-corrected chi connectivity index (χ4v) is 3.61. The summed E-state index contributed by atoms with van der Waals surface area (Å²) in [6.07, 6.45) is 6.60. The third-order valence-electron chi connectivity index (χ3n) is 4.26. The van der Waals surface area contributed by atoms with Crippen molar-refractivity contribution in [2.24, 2.45) is 4.99 Å². The Balaban J connectivity index is 1.67. The van der Waals surface area contributed by atoms with E-state index in [1.54, 1.807) is 0 Å². The summed E-state index contributed by atoms with van der Waals surface area (Å²) in [7, 11) is 3.99. The summed E-state index contributed by atoms with van der Waals surface area (Å²) in [5.41, 5.74) is 0. The molecule has 22 heavy (non-hydrogen) atoms. The number of guanidine groups is 1. The Morgan fingerprint density at radius 2 is 2.09 bits per heavy atom. The van der Waals surface area contributed by atoms with Gasteiger partial charge in [-0.05, 0) is 43.8 Å². The van der Waals surface area contributed by atoms with Crippen LogP contribution in [0, 0.1) is 0 Å². The van der Waals surface area contributed by atoms with Crippen LogP contribution in [0.25, 0.3) is 0 Å². The highest BCUT2D eigenvalue weighted by molar-refractivity contribution is 7.09. The second-order valence-corrected chi connectivity index (χ2v) is 7.01. The van der Waals surface area contributed by atoms with Crippen LogP contribution in [0.5, 0.6) is 0 Å². The van der Waals surface area contributed by atoms with E-state index in [4.69, 9.17) is 0 Å². The van der Waals surface area contributed by atoms with E-state index in [0.717, 1.165) is 32.0 Å². The average Bonchev–Trinajstić information content (AvgIpc) is 2.92. The van der Waals surface area contributed by atoms with E-state index in [0.29, 0.717) is 0 Å². The monoisotopic (exact) mass is 322 g/mol. The van der Waals surface area contributed by atoms with Crippen LogP contribution in [0.3, 0.4) is 0 Å². The van der Waals surface area contributed by atoms with Crippen molar-refractivity contribution in [1.29, 1.82) is 0 Å². The topological polar surface area (TPSA) is 30.9 Å². The number of hydrogen-bond donors (Lipinski definition) is 1. The number of nitrogens with one attached hydrogen (secondary N) is 1. The van der Waals surface area contributed by atoms with Crippen LogP contribution < -0.4 is 5.32 Å². The van der Waals surface area contributed by atoms with Gasteiger partial charge in [0.25, 0.3) is 0 Å². The van der Waals surface area contributed by atoms with Gasteiger partial charge in [0.05, 0.1) is 0 Å². The predicted molar refractivity (Wildman–Crippen MR) is 96.9 cm³/mol. The zero-order valence-electron chi connectivity index (χ0n) is 14.1. The van der Waals surface area contributed by atoms with Crippen LogP contribution >= 0.6 is 11.3 Å². The van der Waals surface area contributed by atoms with Gasteiger partial charge in [-0.1, -0.05) is 18.9 Å². The highest BCUT2D eigenvalue weighted by Crippen LogP contribution is 2.10. The molecule has 0 saturated carbocycles. The molecule has 1 fully saturated rings. The molecule has 1 saturated heterocycles. The molecule has 1 aliphatic rings. The zero-order valence-corrected chi connectivity index (χ0v) is 14.9. The average molecular weight is 323 g/mol. The summed E-state index contributed by atoms with van der Waals surface area (Å²) >= 11 is 1.83. The van der Waals surface area contributed by atoms with Gasteiger partial charge in [0.2, 0.25) is 0 Å². The number of thiophene rings is 1. The Labute approximate surface area is 139 Å². The Hall–Kier alpha value is -1.07. The Morgan fingerprint density at radius 3 is 2.73 bits per heavy atom. The first-order chi connectivity index (χ1) is 10.8. The number of hydrogen-bond acceptors (Lipinski definition) is 3. The number of likely N-dealkylation sites (tertiary alicyclic amines) is 1. The van der Waals surface area contributed by atoms with Crippen molar-refractivity contribution >= 4 is 17.3 Å². The van der Waals surface area contributed by atoms with Gasteiger partial charge in [0.1, 0.15) is 0 Å². The molecule has 0 aliphatic carbocycles. The molecule has 0 atom stereocenters. The van der Waals surface area contributed by atoms with E-state index in [2.05, 4.69) is 44.7 Å². The minimum atomic E-state index is 0.982. The molecule has 0 amide bonds. The fraction of sp³-hybridized carbons (Fsp3) is 0.706. The molecular formula is C17H30N4S. The van der Waals surface area contributed by atoms with E-state index in [9.17, 15) is 0 Å². The number of aliphatic imine (C=N–C) groups is 1. The minimum Gasteiger partial charge on any atom is -0.355 e. The van der Waals surface area contributed by atoms with Crippen LogP contribution in [0.2, 0.25) is 0 Å². The molecule has 5 heteroatoms. The third-order valence-corrected chi connectivity index (χ3v) is 5.19. The molecule has 124 valence electrons. The number of nitrogens with zero attached hydrogens (tertiary/aromatic N) is 3. The summed E-state index contributed by atoms with van der Waals surface area (Å²) in [4.78, 5) is 10.6. The van der Waals surface area contributed by atoms with E-state index in [-0.39, 0.29) is 0 Å². The lowest BCUT2D eigenvalue weighted by Crippen LogP contribution is -2.43. The van der Waals surface area contributed by atoms with Gasteiger partial charge in [-0.3, -0.25) is 4.99 Å². The lowest BCUT2D eigenvalue weighted by Gasteiger charge is -2.24. The summed E-state index contributed by atoms with van der Waals surface area (Å²) in [5.74, 6) is 1.01. The second-order valence-electron chi connectivity index (χ2n) is 5.98. The van der Waals surface area contributed by atoms with Crippen molar-refractivity contribution in [1.82, 2.24) is 15.1 Å². The smallest absolute Gasteiger partial charge is 0.193 e. The second kappa shape index (κ2) is 9.85. The molecule has 1 N–H and O–H groups in total. The predicted octanol–water partition coefficient (Wildman–Crippen LogP) is 2.67. The molecule has 0 spiro atoms. The van der Waals surface area contributed by atoms with Crippen molar-refractivity contribution < 1.29 is 0 Å². The van der Waals surface area contributed by atoms with Crippen LogP contribution in [-0.4, -0.2) is 62.6 Å². The molecule has 2 rings (SSSR count). The third kappa shape index (κ3) is 5.97. The maximum atomic E-state index is 4.41. The van der Waals surface area contributed by atoms with Gasteiger partial charge in [-0.15, -0.1) is 11.3 Å².